The zero-order valence-corrected chi connectivity index (χ0v) is 15.5. The number of alkyl halides is 2. The molecular formula is C24H21F2N. The maximum Gasteiger partial charge on any atom is 0.248 e. The van der Waals surface area contributed by atoms with Crippen LogP contribution >= 0.6 is 0 Å². The second-order valence-corrected chi connectivity index (χ2v) is 8.03. The van der Waals surface area contributed by atoms with Gasteiger partial charge in [0.25, 0.3) is 0 Å². The Kier molecular flexibility index (Phi) is 3.52. The van der Waals surface area contributed by atoms with Crippen LogP contribution in [0.2, 0.25) is 0 Å². The Hall–Kier alpha value is -2.55. The van der Waals surface area contributed by atoms with Crippen molar-refractivity contribution in [3.05, 3.63) is 76.3 Å². The molecule has 0 amide bonds. The van der Waals surface area contributed by atoms with Gasteiger partial charge in [0.05, 0.1) is 11.4 Å². The number of hydrogen-bond donors (Lipinski definition) is 0. The van der Waals surface area contributed by atoms with Crippen LogP contribution in [-0.2, 0) is 0 Å². The van der Waals surface area contributed by atoms with E-state index < -0.39 is 5.92 Å². The number of rotatable bonds is 2. The summed E-state index contributed by atoms with van der Waals surface area (Å²) in [7, 11) is 0. The molecule has 3 heteroatoms. The summed E-state index contributed by atoms with van der Waals surface area (Å²) in [5.74, 6) is -2.61. The summed E-state index contributed by atoms with van der Waals surface area (Å²) < 4.78 is 27.6. The van der Waals surface area contributed by atoms with Crippen LogP contribution in [0, 0.1) is 13.8 Å². The van der Waals surface area contributed by atoms with Gasteiger partial charge < -0.3 is 0 Å². The standard InChI is InChI=1S/C24H21F2N/c1-14-10-15(2)12-17(11-14)23-20-7-6-18(16-8-9-24(25,26)13-16)19-4-3-5-21(27-23)22(19)20/h3-7,10-12,16H,8-9,13H2,1-2H3. The van der Waals surface area contributed by atoms with E-state index in [0.29, 0.717) is 6.42 Å². The van der Waals surface area contributed by atoms with Crippen molar-refractivity contribution in [1.29, 1.82) is 0 Å². The molecule has 0 bridgehead atoms. The zero-order chi connectivity index (χ0) is 18.8. The lowest BCUT2D eigenvalue weighted by atomic mass is 9.88. The second-order valence-electron chi connectivity index (χ2n) is 8.03. The van der Waals surface area contributed by atoms with Gasteiger partial charge in [-0.05, 0) is 55.3 Å². The lowest BCUT2D eigenvalue weighted by Gasteiger charge is -2.15. The van der Waals surface area contributed by atoms with Crippen molar-refractivity contribution in [1.82, 2.24) is 0 Å². The number of hydrogen-bond acceptors (Lipinski definition) is 1. The van der Waals surface area contributed by atoms with Gasteiger partial charge in [0, 0.05) is 29.4 Å². The molecule has 27 heavy (non-hydrogen) atoms. The minimum Gasteiger partial charge on any atom is -0.247 e. The van der Waals surface area contributed by atoms with E-state index >= 15 is 0 Å². The first-order valence-electron chi connectivity index (χ1n) is 9.52. The number of aryl methyl sites for hydroxylation is 2. The molecule has 1 unspecified atom stereocenters. The normalized spacial score (nSPS) is 20.3. The van der Waals surface area contributed by atoms with Crippen molar-refractivity contribution in [2.75, 3.05) is 0 Å². The highest BCUT2D eigenvalue weighted by Gasteiger charge is 2.40. The largest absolute Gasteiger partial charge is 0.248 e. The Morgan fingerprint density at radius 1 is 1.00 bits per heavy atom. The lowest BCUT2D eigenvalue weighted by molar-refractivity contribution is 0.00780. The number of nitrogens with zero attached hydrogens (tertiary/aromatic N) is 1. The van der Waals surface area contributed by atoms with Gasteiger partial charge in [-0.2, -0.15) is 0 Å². The summed E-state index contributed by atoms with van der Waals surface area (Å²) in [5, 5.41) is 2.19. The molecule has 1 heterocycles. The van der Waals surface area contributed by atoms with E-state index in [9.17, 15) is 8.78 Å². The number of halogens is 2. The molecule has 0 spiro atoms. The monoisotopic (exact) mass is 361 g/mol. The van der Waals surface area contributed by atoms with Crippen LogP contribution in [0.4, 0.5) is 14.5 Å². The van der Waals surface area contributed by atoms with Crippen molar-refractivity contribution in [3.8, 4) is 0 Å². The lowest BCUT2D eigenvalue weighted by Crippen LogP contribution is -2.09. The van der Waals surface area contributed by atoms with Crippen molar-refractivity contribution < 1.29 is 8.78 Å². The first kappa shape index (κ1) is 16.6. The number of benzene rings is 3. The molecule has 1 saturated carbocycles. The molecule has 5 rings (SSSR count). The molecule has 2 aliphatic rings. The van der Waals surface area contributed by atoms with Crippen molar-refractivity contribution >= 4 is 22.2 Å². The van der Waals surface area contributed by atoms with Crippen LogP contribution < -0.4 is 0 Å². The highest BCUT2D eigenvalue weighted by Crippen LogP contribution is 2.48. The van der Waals surface area contributed by atoms with Crippen LogP contribution in [0.1, 0.15) is 53.0 Å². The Morgan fingerprint density at radius 3 is 2.48 bits per heavy atom. The summed E-state index contributed by atoms with van der Waals surface area (Å²) >= 11 is 0. The minimum absolute atomic E-state index is 0.00901. The zero-order valence-electron chi connectivity index (χ0n) is 15.5. The predicted octanol–water partition coefficient (Wildman–Crippen LogP) is 6.84. The molecule has 3 aromatic rings. The van der Waals surface area contributed by atoms with Gasteiger partial charge >= 0.3 is 0 Å². The molecule has 1 atom stereocenters. The quantitative estimate of drug-likeness (QED) is 0.370. The number of aliphatic imine (C=N–C) groups is 1. The van der Waals surface area contributed by atoms with E-state index in [0.717, 1.165) is 38.9 Å². The van der Waals surface area contributed by atoms with E-state index in [2.05, 4.69) is 50.2 Å². The van der Waals surface area contributed by atoms with Crippen LogP contribution in [0.15, 0.2) is 53.5 Å². The predicted molar refractivity (Wildman–Crippen MR) is 107 cm³/mol. The molecular weight excluding hydrogens is 340 g/mol. The first-order chi connectivity index (χ1) is 12.9. The topological polar surface area (TPSA) is 12.4 Å². The average molecular weight is 361 g/mol. The van der Waals surface area contributed by atoms with E-state index in [1.165, 1.54) is 11.1 Å². The average Bonchev–Trinajstić information content (AvgIpc) is 3.16. The SMILES string of the molecule is Cc1cc(C)cc(C2=Nc3cccc4c(C5CCC(F)(F)C5)ccc2c34)c1. The van der Waals surface area contributed by atoms with E-state index in [4.69, 9.17) is 4.99 Å². The van der Waals surface area contributed by atoms with Gasteiger partial charge in [0.1, 0.15) is 0 Å². The first-order valence-corrected chi connectivity index (χ1v) is 9.52. The second kappa shape index (κ2) is 5.72. The van der Waals surface area contributed by atoms with Gasteiger partial charge in [-0.3, -0.25) is 0 Å². The Labute approximate surface area is 157 Å². The maximum absolute atomic E-state index is 13.8. The third kappa shape index (κ3) is 2.68. The van der Waals surface area contributed by atoms with Crippen LogP contribution in [-0.4, -0.2) is 11.6 Å². The highest BCUT2D eigenvalue weighted by molar-refractivity contribution is 6.26. The fourth-order valence-corrected chi connectivity index (χ4v) is 4.78. The molecule has 1 fully saturated rings. The van der Waals surface area contributed by atoms with Crippen LogP contribution in [0.3, 0.4) is 0 Å². The Bertz CT molecular complexity index is 1090. The molecule has 1 aliphatic carbocycles. The summed E-state index contributed by atoms with van der Waals surface area (Å²) in [4.78, 5) is 4.91. The third-order valence-electron chi connectivity index (χ3n) is 5.88. The minimum atomic E-state index is -2.53. The van der Waals surface area contributed by atoms with Gasteiger partial charge in [-0.1, -0.05) is 41.5 Å². The molecule has 0 radical (unpaired) electrons. The summed E-state index contributed by atoms with van der Waals surface area (Å²) in [6.45, 7) is 4.19. The van der Waals surface area contributed by atoms with Crippen molar-refractivity contribution in [2.45, 2.75) is 45.0 Å². The fraction of sp³-hybridized carbons (Fsp3) is 0.292. The molecule has 0 N–H and O–H groups in total. The van der Waals surface area contributed by atoms with Gasteiger partial charge in [0.2, 0.25) is 5.92 Å². The third-order valence-corrected chi connectivity index (χ3v) is 5.88. The molecule has 136 valence electrons. The summed E-state index contributed by atoms with van der Waals surface area (Å²) in [6.07, 6.45) is 0.498. The smallest absolute Gasteiger partial charge is 0.247 e. The van der Waals surface area contributed by atoms with Crippen LogP contribution in [0.25, 0.3) is 10.8 Å². The molecule has 0 saturated heterocycles. The van der Waals surface area contributed by atoms with E-state index in [1.807, 2.05) is 12.1 Å². The molecule has 1 nitrogen and oxygen atoms in total. The molecule has 3 aromatic carbocycles. The fourth-order valence-electron chi connectivity index (χ4n) is 4.78. The molecule has 0 aromatic heterocycles. The van der Waals surface area contributed by atoms with Gasteiger partial charge in [0.15, 0.2) is 0 Å². The van der Waals surface area contributed by atoms with E-state index in [1.54, 1.807) is 0 Å². The molecule has 1 aliphatic heterocycles. The van der Waals surface area contributed by atoms with Crippen LogP contribution in [0.5, 0.6) is 0 Å². The highest BCUT2D eigenvalue weighted by atomic mass is 19.3. The van der Waals surface area contributed by atoms with Gasteiger partial charge in [-0.15, -0.1) is 0 Å². The van der Waals surface area contributed by atoms with E-state index in [-0.39, 0.29) is 18.8 Å². The summed E-state index contributed by atoms with van der Waals surface area (Å²) in [6, 6.07) is 16.7. The Morgan fingerprint density at radius 2 is 1.78 bits per heavy atom. The van der Waals surface area contributed by atoms with Gasteiger partial charge in [-0.25, -0.2) is 13.8 Å². The Balaban J connectivity index is 1.66. The summed E-state index contributed by atoms with van der Waals surface area (Å²) in [5.41, 5.74) is 7.63. The van der Waals surface area contributed by atoms with Crippen molar-refractivity contribution in [3.63, 3.8) is 0 Å². The van der Waals surface area contributed by atoms with Crippen molar-refractivity contribution in [2.24, 2.45) is 4.99 Å². The maximum atomic E-state index is 13.8.